The molecule has 0 spiro atoms. The van der Waals surface area contributed by atoms with E-state index in [2.05, 4.69) is 0 Å². The molecule has 1 rings (SSSR count). The molecule has 0 bridgehead atoms. The van der Waals surface area contributed by atoms with Gasteiger partial charge in [0.05, 0.1) is 4.90 Å². The van der Waals surface area contributed by atoms with Crippen LogP contribution in [0.5, 0.6) is 0 Å². The molecule has 1 aromatic carbocycles. The number of carboxylic acids is 1. The zero-order chi connectivity index (χ0) is 13.2. The number of hydrogen-bond acceptors (Lipinski definition) is 3. The second kappa shape index (κ2) is 4.87. The van der Waals surface area contributed by atoms with Gasteiger partial charge in [-0.25, -0.2) is 8.42 Å². The number of aliphatic carboxylic acids is 1. The van der Waals surface area contributed by atoms with E-state index < -0.39 is 21.1 Å². The summed E-state index contributed by atoms with van der Waals surface area (Å²) in [6.07, 6.45) is 0.0606. The smallest absolute Gasteiger partial charge is 0.322 e. The predicted octanol–water partition coefficient (Wildman–Crippen LogP) is 1.94. The molecule has 17 heavy (non-hydrogen) atoms. The maximum Gasteiger partial charge on any atom is 0.322 e. The van der Waals surface area contributed by atoms with Crippen molar-refractivity contribution in [2.75, 3.05) is 0 Å². The Hall–Kier alpha value is -1.36. The summed E-state index contributed by atoms with van der Waals surface area (Å²) >= 11 is 0. The number of aryl methyl sites for hydroxylation is 2. The van der Waals surface area contributed by atoms with Crippen LogP contribution in [0, 0.1) is 13.8 Å². The fourth-order valence-electron chi connectivity index (χ4n) is 1.69. The molecule has 0 radical (unpaired) electrons. The number of carbonyl (C=O) groups is 1. The maximum absolute atomic E-state index is 12.2. The molecule has 4 nitrogen and oxygen atoms in total. The summed E-state index contributed by atoms with van der Waals surface area (Å²) < 4.78 is 24.4. The highest BCUT2D eigenvalue weighted by molar-refractivity contribution is 7.92. The molecule has 0 aliphatic heterocycles. The van der Waals surface area contributed by atoms with Crippen LogP contribution in [0.4, 0.5) is 0 Å². The molecule has 0 aliphatic carbocycles. The molecule has 94 valence electrons. The van der Waals surface area contributed by atoms with Gasteiger partial charge in [0, 0.05) is 0 Å². The van der Waals surface area contributed by atoms with Crippen LogP contribution in [0.15, 0.2) is 23.1 Å². The predicted molar refractivity (Wildman–Crippen MR) is 64.8 cm³/mol. The van der Waals surface area contributed by atoms with Crippen LogP contribution >= 0.6 is 0 Å². The third kappa shape index (κ3) is 2.66. The molecule has 1 aromatic rings. The minimum Gasteiger partial charge on any atom is -0.480 e. The first kappa shape index (κ1) is 13.7. The number of benzene rings is 1. The van der Waals surface area contributed by atoms with Crippen molar-refractivity contribution in [1.29, 1.82) is 0 Å². The normalized spacial score (nSPS) is 13.4. The lowest BCUT2D eigenvalue weighted by atomic mass is 10.2. The molecule has 0 saturated heterocycles. The highest BCUT2D eigenvalue weighted by atomic mass is 32.2. The third-order valence-corrected chi connectivity index (χ3v) is 5.01. The Labute approximate surface area is 101 Å². The second-order valence-corrected chi connectivity index (χ2v) is 6.15. The Balaban J connectivity index is 3.40. The van der Waals surface area contributed by atoms with Gasteiger partial charge >= 0.3 is 5.97 Å². The quantitative estimate of drug-likeness (QED) is 0.893. The van der Waals surface area contributed by atoms with E-state index in [1.807, 2.05) is 0 Å². The van der Waals surface area contributed by atoms with Crippen molar-refractivity contribution >= 4 is 15.8 Å². The molecule has 0 aromatic heterocycles. The Bertz CT molecular complexity index is 531. The average molecular weight is 256 g/mol. The molecule has 0 heterocycles. The fourth-order valence-corrected chi connectivity index (χ4v) is 3.57. The number of rotatable bonds is 4. The van der Waals surface area contributed by atoms with Crippen LogP contribution < -0.4 is 0 Å². The molecular weight excluding hydrogens is 240 g/mol. The maximum atomic E-state index is 12.2. The summed E-state index contributed by atoms with van der Waals surface area (Å²) in [5, 5.41) is 7.58. The van der Waals surface area contributed by atoms with Crippen LogP contribution in [-0.2, 0) is 14.6 Å². The average Bonchev–Trinajstić information content (AvgIpc) is 2.21. The highest BCUT2D eigenvalue weighted by Crippen LogP contribution is 2.23. The molecular formula is C12H16O4S. The largest absolute Gasteiger partial charge is 0.480 e. The number of sulfone groups is 1. The van der Waals surface area contributed by atoms with Gasteiger partial charge in [-0.3, -0.25) is 4.79 Å². The van der Waals surface area contributed by atoms with E-state index in [0.29, 0.717) is 5.56 Å². The first-order valence-electron chi connectivity index (χ1n) is 5.34. The lowest BCUT2D eigenvalue weighted by Gasteiger charge is -2.14. The molecule has 5 heteroatoms. The molecule has 1 unspecified atom stereocenters. The van der Waals surface area contributed by atoms with E-state index in [1.165, 1.54) is 6.07 Å². The van der Waals surface area contributed by atoms with E-state index in [4.69, 9.17) is 5.11 Å². The van der Waals surface area contributed by atoms with Crippen molar-refractivity contribution in [3.05, 3.63) is 29.3 Å². The van der Waals surface area contributed by atoms with Gasteiger partial charge in [-0.05, 0) is 37.5 Å². The van der Waals surface area contributed by atoms with Gasteiger partial charge in [-0.15, -0.1) is 0 Å². The number of carboxylic acid groups (broad SMARTS) is 1. The van der Waals surface area contributed by atoms with Gasteiger partial charge in [0.1, 0.15) is 0 Å². The van der Waals surface area contributed by atoms with Gasteiger partial charge in [-0.2, -0.15) is 0 Å². The fraction of sp³-hybridized carbons (Fsp3) is 0.417. The lowest BCUT2D eigenvalue weighted by Crippen LogP contribution is -2.30. The summed E-state index contributed by atoms with van der Waals surface area (Å²) in [5.41, 5.74) is 1.38. The minimum absolute atomic E-state index is 0.0606. The van der Waals surface area contributed by atoms with Crippen molar-refractivity contribution < 1.29 is 18.3 Å². The highest BCUT2D eigenvalue weighted by Gasteiger charge is 2.33. The summed E-state index contributed by atoms with van der Waals surface area (Å²) in [6, 6.07) is 5.02. The molecule has 0 amide bonds. The molecule has 1 N–H and O–H groups in total. The zero-order valence-electron chi connectivity index (χ0n) is 10.1. The Kier molecular flexibility index (Phi) is 3.93. The Morgan fingerprint density at radius 2 is 1.94 bits per heavy atom. The molecule has 0 fully saturated rings. The van der Waals surface area contributed by atoms with Crippen LogP contribution in [0.25, 0.3) is 0 Å². The van der Waals surface area contributed by atoms with E-state index >= 15 is 0 Å². The van der Waals surface area contributed by atoms with Crippen LogP contribution in [0.3, 0.4) is 0 Å². The van der Waals surface area contributed by atoms with Crippen molar-refractivity contribution in [1.82, 2.24) is 0 Å². The first-order chi connectivity index (χ1) is 7.80. The standard InChI is InChI=1S/C12H16O4S/c1-4-10(12(13)14)17(15,16)11-7-8(2)5-6-9(11)3/h5-7,10H,4H2,1-3H3,(H,13,14). The van der Waals surface area contributed by atoms with Crippen LogP contribution in [0.2, 0.25) is 0 Å². The summed E-state index contributed by atoms with van der Waals surface area (Å²) in [4.78, 5) is 11.1. The van der Waals surface area contributed by atoms with Gasteiger partial charge in [-0.1, -0.05) is 19.1 Å². The van der Waals surface area contributed by atoms with Crippen molar-refractivity contribution in [2.45, 2.75) is 37.3 Å². The van der Waals surface area contributed by atoms with Crippen molar-refractivity contribution in [3.8, 4) is 0 Å². The Morgan fingerprint density at radius 1 is 1.35 bits per heavy atom. The molecule has 0 saturated carbocycles. The third-order valence-electron chi connectivity index (χ3n) is 2.67. The van der Waals surface area contributed by atoms with Gasteiger partial charge in [0.25, 0.3) is 0 Å². The van der Waals surface area contributed by atoms with Crippen LogP contribution in [-0.4, -0.2) is 24.7 Å². The van der Waals surface area contributed by atoms with Gasteiger partial charge in [0.2, 0.25) is 0 Å². The summed E-state index contributed by atoms with van der Waals surface area (Å²) in [5.74, 6) is -1.30. The monoisotopic (exact) mass is 256 g/mol. The van der Waals surface area contributed by atoms with E-state index in [0.717, 1.165) is 5.56 Å². The minimum atomic E-state index is -3.80. The summed E-state index contributed by atoms with van der Waals surface area (Å²) in [7, 11) is -3.80. The van der Waals surface area contributed by atoms with E-state index in [1.54, 1.807) is 32.9 Å². The second-order valence-electron chi connectivity index (χ2n) is 4.05. The topological polar surface area (TPSA) is 71.4 Å². The van der Waals surface area contributed by atoms with Gasteiger partial charge in [0.15, 0.2) is 15.1 Å². The zero-order valence-corrected chi connectivity index (χ0v) is 10.9. The van der Waals surface area contributed by atoms with Crippen molar-refractivity contribution in [3.63, 3.8) is 0 Å². The van der Waals surface area contributed by atoms with Crippen molar-refractivity contribution in [2.24, 2.45) is 0 Å². The van der Waals surface area contributed by atoms with Crippen LogP contribution in [0.1, 0.15) is 24.5 Å². The van der Waals surface area contributed by atoms with E-state index in [9.17, 15) is 13.2 Å². The molecule has 0 aliphatic rings. The Morgan fingerprint density at radius 3 is 2.41 bits per heavy atom. The molecule has 1 atom stereocenters. The summed E-state index contributed by atoms with van der Waals surface area (Å²) in [6.45, 7) is 5.00. The SMILES string of the molecule is CCC(C(=O)O)S(=O)(=O)c1cc(C)ccc1C. The lowest BCUT2D eigenvalue weighted by molar-refractivity contribution is -0.136. The van der Waals surface area contributed by atoms with E-state index in [-0.39, 0.29) is 11.3 Å². The number of hydrogen-bond donors (Lipinski definition) is 1. The first-order valence-corrected chi connectivity index (χ1v) is 6.89. The van der Waals surface area contributed by atoms with Gasteiger partial charge < -0.3 is 5.11 Å².